The van der Waals surface area contributed by atoms with Crippen LogP contribution < -0.4 is 10.5 Å². The van der Waals surface area contributed by atoms with Crippen LogP contribution in [0.15, 0.2) is 16.8 Å². The molecule has 0 unspecified atom stereocenters. The number of anilines is 1. The predicted molar refractivity (Wildman–Crippen MR) is 116 cm³/mol. The van der Waals surface area contributed by atoms with Gasteiger partial charge < -0.3 is 15.4 Å². The second-order valence-corrected chi connectivity index (χ2v) is 8.30. The van der Waals surface area contributed by atoms with Gasteiger partial charge in [-0.1, -0.05) is 0 Å². The molecule has 3 aromatic heterocycles. The van der Waals surface area contributed by atoms with Gasteiger partial charge in [0.1, 0.15) is 10.8 Å². The monoisotopic (exact) mass is 425 g/mol. The molecule has 30 heavy (non-hydrogen) atoms. The van der Waals surface area contributed by atoms with Crippen molar-refractivity contribution in [3.63, 3.8) is 0 Å². The lowest BCUT2D eigenvalue weighted by molar-refractivity contribution is -0.124. The summed E-state index contributed by atoms with van der Waals surface area (Å²) in [6.45, 7) is 4.33. The minimum absolute atomic E-state index is 0.0558. The van der Waals surface area contributed by atoms with E-state index < -0.39 is 0 Å². The average Bonchev–Trinajstić information content (AvgIpc) is 2.92. The van der Waals surface area contributed by atoms with Gasteiger partial charge in [0.15, 0.2) is 5.65 Å². The van der Waals surface area contributed by atoms with Gasteiger partial charge in [-0.05, 0) is 19.9 Å². The number of hydrogen-bond donors (Lipinski definition) is 1. The fourth-order valence-electron chi connectivity index (χ4n) is 3.53. The molecule has 9 nitrogen and oxygen atoms in total. The number of amides is 1. The van der Waals surface area contributed by atoms with Crippen molar-refractivity contribution in [2.75, 3.05) is 32.7 Å². The fourth-order valence-corrected chi connectivity index (χ4v) is 4.53. The molecule has 156 valence electrons. The Bertz CT molecular complexity index is 1200. The summed E-state index contributed by atoms with van der Waals surface area (Å²) in [5.41, 5.74) is 10.7. The Hall–Kier alpha value is -3.14. The Balaban J connectivity index is 1.86. The minimum Gasteiger partial charge on any atom is -0.496 e. The van der Waals surface area contributed by atoms with Gasteiger partial charge in [0.25, 0.3) is 0 Å². The third-order valence-corrected chi connectivity index (χ3v) is 6.03. The third kappa shape index (κ3) is 3.36. The molecular formula is C20H23N7O2S. The number of nitrogen functional groups attached to an aromatic ring is 1. The smallest absolute Gasteiger partial charge is 0.250 e. The number of carbonyl (C=O) groups excluding carboxylic acids is 1. The van der Waals surface area contributed by atoms with E-state index in [1.54, 1.807) is 37.0 Å². The molecule has 0 aromatic carbocycles. The maximum atomic E-state index is 12.6. The molecular weight excluding hydrogens is 402 g/mol. The molecule has 0 aliphatic carbocycles. The standard InChI is InChI=1S/C20H23N7O2S/c1-10-7-22-14(11(2)16(10)29-5)8-27-17-15-13(25-27)6-12(19(28)26(3)4)9-30-18(15)24-20(21)23-17/h6-7H,8-9H2,1-5H3,(H2,21,23,24). The number of methoxy groups -OCH3 is 1. The summed E-state index contributed by atoms with van der Waals surface area (Å²) in [4.78, 5) is 27.5. The van der Waals surface area contributed by atoms with Crippen LogP contribution in [0.25, 0.3) is 17.1 Å². The van der Waals surface area contributed by atoms with Crippen molar-refractivity contribution in [2.45, 2.75) is 25.4 Å². The van der Waals surface area contributed by atoms with Crippen molar-refractivity contribution in [2.24, 2.45) is 0 Å². The summed E-state index contributed by atoms with van der Waals surface area (Å²) < 4.78 is 7.29. The molecule has 0 spiro atoms. The van der Waals surface area contributed by atoms with E-state index >= 15 is 0 Å². The molecule has 0 saturated carbocycles. The summed E-state index contributed by atoms with van der Waals surface area (Å²) in [7, 11) is 5.12. The Morgan fingerprint density at radius 2 is 2.10 bits per heavy atom. The van der Waals surface area contributed by atoms with Crippen molar-refractivity contribution in [3.05, 3.63) is 34.3 Å². The molecule has 2 N–H and O–H groups in total. The first kappa shape index (κ1) is 20.1. The molecule has 0 saturated heterocycles. The number of pyridine rings is 1. The normalized spacial score (nSPS) is 13.2. The number of nitrogens with two attached hydrogens (primary N) is 1. The van der Waals surface area contributed by atoms with Gasteiger partial charge in [0.05, 0.1) is 30.4 Å². The lowest BCUT2D eigenvalue weighted by atomic mass is 10.1. The highest BCUT2D eigenvalue weighted by Crippen LogP contribution is 2.35. The first-order chi connectivity index (χ1) is 14.3. The summed E-state index contributed by atoms with van der Waals surface area (Å²) in [6, 6.07) is 0. The van der Waals surface area contributed by atoms with Crippen LogP contribution in [-0.2, 0) is 11.3 Å². The van der Waals surface area contributed by atoms with Gasteiger partial charge in [-0.15, -0.1) is 11.8 Å². The molecule has 3 aromatic rings. The van der Waals surface area contributed by atoms with Crippen LogP contribution in [-0.4, -0.2) is 62.5 Å². The number of ether oxygens (including phenoxy) is 1. The topological polar surface area (TPSA) is 112 Å². The minimum atomic E-state index is -0.0558. The van der Waals surface area contributed by atoms with E-state index in [9.17, 15) is 4.79 Å². The van der Waals surface area contributed by atoms with Crippen molar-refractivity contribution in [3.8, 4) is 5.75 Å². The molecule has 1 amide bonds. The van der Waals surface area contributed by atoms with Crippen molar-refractivity contribution >= 4 is 40.7 Å². The number of thioether (sulfide) groups is 1. The molecule has 10 heteroatoms. The molecule has 1 aliphatic heterocycles. The van der Waals surface area contributed by atoms with Gasteiger partial charge in [0.2, 0.25) is 11.9 Å². The van der Waals surface area contributed by atoms with E-state index in [0.29, 0.717) is 29.2 Å². The number of aryl methyl sites for hydroxylation is 1. The van der Waals surface area contributed by atoms with E-state index in [1.807, 2.05) is 19.9 Å². The Labute approximate surface area is 178 Å². The molecule has 4 rings (SSSR count). The van der Waals surface area contributed by atoms with Gasteiger partial charge in [-0.3, -0.25) is 9.78 Å². The largest absolute Gasteiger partial charge is 0.496 e. The maximum Gasteiger partial charge on any atom is 0.250 e. The molecule has 0 fully saturated rings. The predicted octanol–water partition coefficient (Wildman–Crippen LogP) is 2.05. The van der Waals surface area contributed by atoms with Crippen LogP contribution in [0.3, 0.4) is 0 Å². The van der Waals surface area contributed by atoms with Gasteiger partial charge >= 0.3 is 0 Å². The van der Waals surface area contributed by atoms with E-state index in [0.717, 1.165) is 33.0 Å². The van der Waals surface area contributed by atoms with E-state index in [2.05, 4.69) is 15.0 Å². The SMILES string of the molecule is COc1c(C)cnc(Cn2nc3c4c(nc(N)nc42)SCC(C(=O)N(C)C)=C3)c1C. The molecule has 1 aliphatic rings. The first-order valence-electron chi connectivity index (χ1n) is 9.38. The highest BCUT2D eigenvalue weighted by atomic mass is 32.2. The number of aromatic nitrogens is 5. The lowest BCUT2D eigenvalue weighted by Crippen LogP contribution is -2.24. The zero-order valence-corrected chi connectivity index (χ0v) is 18.4. The zero-order chi connectivity index (χ0) is 21.6. The van der Waals surface area contributed by atoms with Crippen molar-refractivity contribution < 1.29 is 9.53 Å². The third-order valence-electron chi connectivity index (χ3n) is 5.01. The van der Waals surface area contributed by atoms with Crippen molar-refractivity contribution in [1.29, 1.82) is 0 Å². The van der Waals surface area contributed by atoms with Gasteiger partial charge in [-0.2, -0.15) is 10.1 Å². The van der Waals surface area contributed by atoms with Crippen LogP contribution in [0.2, 0.25) is 0 Å². The molecule has 0 atom stereocenters. The first-order valence-corrected chi connectivity index (χ1v) is 10.4. The van der Waals surface area contributed by atoms with Crippen LogP contribution in [0.5, 0.6) is 5.75 Å². The summed E-state index contributed by atoms with van der Waals surface area (Å²) in [5, 5.41) is 6.27. The van der Waals surface area contributed by atoms with E-state index in [-0.39, 0.29) is 11.9 Å². The molecule has 4 heterocycles. The Morgan fingerprint density at radius 3 is 2.80 bits per heavy atom. The van der Waals surface area contributed by atoms with Gasteiger partial charge in [0, 0.05) is 42.7 Å². The number of rotatable bonds is 4. The maximum absolute atomic E-state index is 12.6. The highest BCUT2D eigenvalue weighted by molar-refractivity contribution is 7.99. The van der Waals surface area contributed by atoms with Gasteiger partial charge in [-0.25, -0.2) is 9.67 Å². The van der Waals surface area contributed by atoms with Crippen LogP contribution in [0.4, 0.5) is 5.95 Å². The number of likely N-dealkylation sites (N-methyl/N-ethyl adjacent to an activating group) is 1. The molecule has 0 bridgehead atoms. The van der Waals surface area contributed by atoms with Crippen LogP contribution in [0, 0.1) is 13.8 Å². The summed E-state index contributed by atoms with van der Waals surface area (Å²) in [6.07, 6.45) is 3.61. The Morgan fingerprint density at radius 1 is 1.33 bits per heavy atom. The fraction of sp³-hybridized carbons (Fsp3) is 0.350. The van der Waals surface area contributed by atoms with Crippen LogP contribution >= 0.6 is 11.8 Å². The molecule has 0 radical (unpaired) electrons. The second-order valence-electron chi connectivity index (χ2n) is 7.33. The van der Waals surface area contributed by atoms with Crippen molar-refractivity contribution in [1.82, 2.24) is 29.6 Å². The Kier molecular flexibility index (Phi) is 5.10. The lowest BCUT2D eigenvalue weighted by Gasteiger charge is -2.13. The average molecular weight is 426 g/mol. The van der Waals surface area contributed by atoms with E-state index in [1.165, 1.54) is 11.8 Å². The number of hydrogen-bond acceptors (Lipinski definition) is 8. The number of carbonyl (C=O) groups is 1. The summed E-state index contributed by atoms with van der Waals surface area (Å²) >= 11 is 1.46. The number of nitrogens with zero attached hydrogens (tertiary/aromatic N) is 6. The summed E-state index contributed by atoms with van der Waals surface area (Å²) in [5.74, 6) is 1.42. The van der Waals surface area contributed by atoms with E-state index in [4.69, 9.17) is 15.6 Å². The van der Waals surface area contributed by atoms with Crippen LogP contribution in [0.1, 0.15) is 22.5 Å². The second kappa shape index (κ2) is 7.60. The zero-order valence-electron chi connectivity index (χ0n) is 17.6. The highest BCUT2D eigenvalue weighted by Gasteiger charge is 2.24. The quantitative estimate of drug-likeness (QED) is 0.632.